The first-order valence-electron chi connectivity index (χ1n) is 3.57. The Kier molecular flexibility index (Phi) is 1.15. The average Bonchev–Trinajstić information content (AvgIpc) is 2.31. The monoisotopic (exact) mass is 146 g/mol. The predicted octanol–water partition coefficient (Wildman–Crippen LogP) is 1.76. The summed E-state index contributed by atoms with van der Waals surface area (Å²) in [4.78, 5) is 0. The molecule has 2 aromatic rings. The van der Waals surface area contributed by atoms with Crippen LogP contribution in [-0.2, 0) is 7.05 Å². The summed E-state index contributed by atoms with van der Waals surface area (Å²) in [5.41, 5.74) is 6.61. The fourth-order valence-electron chi connectivity index (χ4n) is 1.32. The number of aromatic nitrogens is 1. The minimum atomic E-state index is 0.850. The van der Waals surface area contributed by atoms with Gasteiger partial charge in [0.05, 0.1) is 0 Å². The van der Waals surface area contributed by atoms with Crippen LogP contribution in [0.4, 0.5) is 5.69 Å². The SMILES string of the molecule is Cn1cc2cccc(N)c2c1. The van der Waals surface area contributed by atoms with E-state index in [1.807, 2.05) is 29.9 Å². The first-order chi connectivity index (χ1) is 5.27. The lowest BCUT2D eigenvalue weighted by Gasteiger charge is -1.92. The third-order valence-electron chi connectivity index (χ3n) is 1.85. The van der Waals surface area contributed by atoms with Crippen molar-refractivity contribution >= 4 is 16.5 Å². The van der Waals surface area contributed by atoms with Crippen LogP contribution in [0.15, 0.2) is 30.6 Å². The van der Waals surface area contributed by atoms with Crippen LogP contribution in [0.1, 0.15) is 0 Å². The molecule has 1 aromatic carbocycles. The molecule has 0 radical (unpaired) electrons. The van der Waals surface area contributed by atoms with Crippen LogP contribution in [0, 0.1) is 0 Å². The van der Waals surface area contributed by atoms with Crippen molar-refractivity contribution in [3.05, 3.63) is 30.6 Å². The predicted molar refractivity (Wildman–Crippen MR) is 47.3 cm³/mol. The molecule has 0 aliphatic carbocycles. The Morgan fingerprint density at radius 1 is 1.27 bits per heavy atom. The molecule has 0 atom stereocenters. The lowest BCUT2D eigenvalue weighted by atomic mass is 10.2. The summed E-state index contributed by atoms with van der Waals surface area (Å²) in [7, 11) is 2.00. The summed E-state index contributed by atoms with van der Waals surface area (Å²) in [5, 5.41) is 2.34. The van der Waals surface area contributed by atoms with Gasteiger partial charge < -0.3 is 10.3 Å². The van der Waals surface area contributed by atoms with Gasteiger partial charge in [-0.1, -0.05) is 12.1 Å². The Morgan fingerprint density at radius 2 is 2.09 bits per heavy atom. The number of rotatable bonds is 0. The maximum atomic E-state index is 5.76. The van der Waals surface area contributed by atoms with E-state index in [4.69, 9.17) is 5.73 Å². The number of nitrogens with zero attached hydrogens (tertiary/aromatic N) is 1. The van der Waals surface area contributed by atoms with Crippen LogP contribution >= 0.6 is 0 Å². The summed E-state index contributed by atoms with van der Waals surface area (Å²) in [6.07, 6.45) is 4.09. The number of anilines is 1. The molecule has 0 amide bonds. The van der Waals surface area contributed by atoms with Gasteiger partial charge in [0.15, 0.2) is 0 Å². The van der Waals surface area contributed by atoms with Crippen LogP contribution in [0.2, 0.25) is 0 Å². The van der Waals surface area contributed by atoms with Gasteiger partial charge in [0.2, 0.25) is 0 Å². The number of nitrogen functional groups attached to an aromatic ring is 1. The maximum absolute atomic E-state index is 5.76. The second kappa shape index (κ2) is 2.02. The first kappa shape index (κ1) is 6.28. The summed E-state index contributed by atoms with van der Waals surface area (Å²) in [6.45, 7) is 0. The van der Waals surface area contributed by atoms with Crippen LogP contribution in [0.3, 0.4) is 0 Å². The van der Waals surface area contributed by atoms with Crippen molar-refractivity contribution in [1.82, 2.24) is 4.57 Å². The number of hydrogen-bond acceptors (Lipinski definition) is 1. The van der Waals surface area contributed by atoms with Crippen LogP contribution in [-0.4, -0.2) is 4.57 Å². The van der Waals surface area contributed by atoms with Crippen molar-refractivity contribution in [3.8, 4) is 0 Å². The van der Waals surface area contributed by atoms with E-state index in [1.165, 1.54) is 5.39 Å². The summed E-state index contributed by atoms with van der Waals surface area (Å²) >= 11 is 0. The average molecular weight is 146 g/mol. The van der Waals surface area contributed by atoms with Crippen molar-refractivity contribution in [2.24, 2.45) is 7.05 Å². The molecule has 0 unspecified atom stereocenters. The highest BCUT2D eigenvalue weighted by Crippen LogP contribution is 2.20. The molecule has 1 heterocycles. The van der Waals surface area contributed by atoms with Gasteiger partial charge in [-0.05, 0) is 6.07 Å². The zero-order valence-corrected chi connectivity index (χ0v) is 6.41. The first-order valence-corrected chi connectivity index (χ1v) is 3.57. The van der Waals surface area contributed by atoms with Crippen molar-refractivity contribution in [2.45, 2.75) is 0 Å². The highest BCUT2D eigenvalue weighted by atomic mass is 14.9. The minimum Gasteiger partial charge on any atom is -0.398 e. The normalized spacial score (nSPS) is 10.6. The van der Waals surface area contributed by atoms with Gasteiger partial charge in [-0.2, -0.15) is 0 Å². The molecule has 1 aromatic heterocycles. The topological polar surface area (TPSA) is 30.9 Å². The van der Waals surface area contributed by atoms with E-state index in [9.17, 15) is 0 Å². The Hall–Kier alpha value is -1.44. The second-order valence-electron chi connectivity index (χ2n) is 2.77. The standard InChI is InChI=1S/C9H10N2/c1-11-5-7-3-2-4-9(10)8(7)6-11/h2-6H,10H2,1H3. The Labute approximate surface area is 65.2 Å². The van der Waals surface area contributed by atoms with Gasteiger partial charge in [-0.15, -0.1) is 0 Å². The van der Waals surface area contributed by atoms with E-state index in [-0.39, 0.29) is 0 Å². The summed E-state index contributed by atoms with van der Waals surface area (Å²) in [6, 6.07) is 5.95. The van der Waals surface area contributed by atoms with Crippen molar-refractivity contribution in [3.63, 3.8) is 0 Å². The van der Waals surface area contributed by atoms with Crippen molar-refractivity contribution < 1.29 is 0 Å². The largest absolute Gasteiger partial charge is 0.398 e. The molecule has 0 aliphatic heterocycles. The Balaban J connectivity index is 2.90. The third-order valence-corrected chi connectivity index (χ3v) is 1.85. The zero-order chi connectivity index (χ0) is 7.84. The molecule has 11 heavy (non-hydrogen) atoms. The van der Waals surface area contributed by atoms with Gasteiger partial charge in [-0.3, -0.25) is 0 Å². The number of aryl methyl sites for hydroxylation is 1. The van der Waals surface area contributed by atoms with E-state index >= 15 is 0 Å². The van der Waals surface area contributed by atoms with Gasteiger partial charge in [0.1, 0.15) is 0 Å². The van der Waals surface area contributed by atoms with E-state index in [0.29, 0.717) is 0 Å². The number of hydrogen-bond donors (Lipinski definition) is 1. The van der Waals surface area contributed by atoms with E-state index in [0.717, 1.165) is 11.1 Å². The van der Waals surface area contributed by atoms with Gasteiger partial charge >= 0.3 is 0 Å². The number of nitrogens with two attached hydrogens (primary N) is 1. The molecule has 0 aliphatic rings. The molecule has 2 nitrogen and oxygen atoms in total. The highest BCUT2D eigenvalue weighted by molar-refractivity contribution is 5.92. The molecule has 0 bridgehead atoms. The van der Waals surface area contributed by atoms with Gasteiger partial charge in [-0.25, -0.2) is 0 Å². The minimum absolute atomic E-state index is 0.850. The zero-order valence-electron chi connectivity index (χ0n) is 6.41. The van der Waals surface area contributed by atoms with Crippen molar-refractivity contribution in [2.75, 3.05) is 5.73 Å². The molecule has 0 saturated carbocycles. The summed E-state index contributed by atoms with van der Waals surface area (Å²) < 4.78 is 2.01. The van der Waals surface area contributed by atoms with Crippen LogP contribution < -0.4 is 5.73 Å². The molecule has 2 N–H and O–H groups in total. The molecule has 56 valence electrons. The lowest BCUT2D eigenvalue weighted by Crippen LogP contribution is -1.83. The lowest BCUT2D eigenvalue weighted by molar-refractivity contribution is 0.934. The molecular weight excluding hydrogens is 136 g/mol. The Morgan fingerprint density at radius 3 is 2.82 bits per heavy atom. The molecule has 0 fully saturated rings. The van der Waals surface area contributed by atoms with Gasteiger partial charge in [0.25, 0.3) is 0 Å². The van der Waals surface area contributed by atoms with Crippen LogP contribution in [0.25, 0.3) is 10.8 Å². The smallest absolute Gasteiger partial charge is 0.0409 e. The van der Waals surface area contributed by atoms with E-state index in [2.05, 4.69) is 12.3 Å². The Bertz CT molecular complexity index is 387. The molecule has 2 heteroatoms. The molecule has 0 saturated heterocycles. The maximum Gasteiger partial charge on any atom is 0.0409 e. The van der Waals surface area contributed by atoms with Crippen LogP contribution in [0.5, 0.6) is 0 Å². The van der Waals surface area contributed by atoms with Gasteiger partial charge in [0, 0.05) is 35.9 Å². The van der Waals surface area contributed by atoms with E-state index in [1.54, 1.807) is 0 Å². The fourth-order valence-corrected chi connectivity index (χ4v) is 1.32. The number of benzene rings is 1. The second-order valence-corrected chi connectivity index (χ2v) is 2.77. The highest BCUT2D eigenvalue weighted by Gasteiger charge is 1.97. The quantitative estimate of drug-likeness (QED) is 0.564. The summed E-state index contributed by atoms with van der Waals surface area (Å²) in [5.74, 6) is 0. The molecule has 2 rings (SSSR count). The van der Waals surface area contributed by atoms with E-state index < -0.39 is 0 Å². The molecule has 0 spiro atoms. The fraction of sp³-hybridized carbons (Fsp3) is 0.111. The number of fused-ring (bicyclic) bond motifs is 1. The molecular formula is C9H10N2. The third kappa shape index (κ3) is 0.871. The van der Waals surface area contributed by atoms with Crippen molar-refractivity contribution in [1.29, 1.82) is 0 Å².